The molecule has 1 amide bonds. The lowest BCUT2D eigenvalue weighted by molar-refractivity contribution is -0.118. The number of amides is 1. The van der Waals surface area contributed by atoms with Crippen molar-refractivity contribution >= 4 is 28.4 Å². The largest absolute Gasteiger partial charge is 0.358 e. The van der Waals surface area contributed by atoms with Gasteiger partial charge in [-0.15, -0.1) is 18.2 Å². The molecule has 1 aromatic heterocycles. The third-order valence-electron chi connectivity index (χ3n) is 4.59. The number of alkyl halides is 1. The van der Waals surface area contributed by atoms with E-state index < -0.39 is 0 Å². The summed E-state index contributed by atoms with van der Waals surface area (Å²) in [6, 6.07) is 10.6. The summed E-state index contributed by atoms with van der Waals surface area (Å²) in [7, 11) is 0. The van der Waals surface area contributed by atoms with E-state index in [0.717, 1.165) is 25.7 Å². The highest BCUT2D eigenvalue weighted by molar-refractivity contribution is 6.27. The van der Waals surface area contributed by atoms with Crippen molar-refractivity contribution in [1.29, 1.82) is 0 Å². The number of benzene rings is 1. The van der Waals surface area contributed by atoms with Crippen molar-refractivity contribution < 1.29 is 4.79 Å². The van der Waals surface area contributed by atoms with Gasteiger partial charge in [0.05, 0.1) is 0 Å². The Hall–Kier alpha value is -1.74. The van der Waals surface area contributed by atoms with E-state index in [2.05, 4.69) is 48.1 Å². The molecule has 2 N–H and O–H groups in total. The number of rotatable bonds is 9. The lowest BCUT2D eigenvalue weighted by Crippen LogP contribution is -2.29. The van der Waals surface area contributed by atoms with E-state index in [-0.39, 0.29) is 17.2 Å². The zero-order valence-electron chi connectivity index (χ0n) is 13.7. The number of para-hydroxylation sites is 1. The fourth-order valence-electron chi connectivity index (χ4n) is 3.20. The summed E-state index contributed by atoms with van der Waals surface area (Å²) in [6.45, 7) is 6.81. The van der Waals surface area contributed by atoms with Crippen LogP contribution in [0.2, 0.25) is 0 Å². The molecule has 0 fully saturated rings. The second-order valence-electron chi connectivity index (χ2n) is 5.98. The van der Waals surface area contributed by atoms with E-state index >= 15 is 0 Å². The van der Waals surface area contributed by atoms with Crippen LogP contribution in [0.25, 0.3) is 10.9 Å². The van der Waals surface area contributed by atoms with Crippen LogP contribution in [-0.2, 0) is 10.2 Å². The Labute approximate surface area is 143 Å². The maximum absolute atomic E-state index is 11.3. The van der Waals surface area contributed by atoms with Gasteiger partial charge in [0, 0.05) is 23.2 Å². The number of fused-ring (bicyclic) bond motifs is 1. The highest BCUT2D eigenvalue weighted by Crippen LogP contribution is 2.37. The summed E-state index contributed by atoms with van der Waals surface area (Å²) < 4.78 is 0. The second-order valence-corrected chi connectivity index (χ2v) is 6.25. The van der Waals surface area contributed by atoms with Gasteiger partial charge in [-0.2, -0.15) is 0 Å². The van der Waals surface area contributed by atoms with Gasteiger partial charge in [0.25, 0.3) is 0 Å². The Morgan fingerprint density at radius 2 is 2.22 bits per heavy atom. The van der Waals surface area contributed by atoms with Crippen LogP contribution in [0.1, 0.15) is 38.3 Å². The van der Waals surface area contributed by atoms with Crippen LogP contribution in [0.3, 0.4) is 0 Å². The van der Waals surface area contributed by atoms with Crippen LogP contribution in [0.5, 0.6) is 0 Å². The highest BCUT2D eigenvalue weighted by atomic mass is 35.5. The number of aromatic nitrogens is 1. The van der Waals surface area contributed by atoms with Crippen LogP contribution >= 0.6 is 11.6 Å². The third-order valence-corrected chi connectivity index (χ3v) is 4.83. The highest BCUT2D eigenvalue weighted by Gasteiger charge is 2.30. The average molecular weight is 333 g/mol. The van der Waals surface area contributed by atoms with Gasteiger partial charge in [-0.1, -0.05) is 31.2 Å². The molecule has 0 saturated heterocycles. The Balaban J connectivity index is 2.17. The molecule has 2 rings (SSSR count). The van der Waals surface area contributed by atoms with E-state index in [9.17, 15) is 4.79 Å². The van der Waals surface area contributed by atoms with Crippen molar-refractivity contribution in [2.24, 2.45) is 0 Å². The summed E-state index contributed by atoms with van der Waals surface area (Å²) >= 11 is 5.51. The van der Waals surface area contributed by atoms with Crippen molar-refractivity contribution in [3.8, 4) is 0 Å². The Bertz CT molecular complexity index is 631. The topological polar surface area (TPSA) is 44.9 Å². The fourth-order valence-corrected chi connectivity index (χ4v) is 3.29. The molecule has 1 aromatic carbocycles. The smallest absolute Gasteiger partial charge is 0.234 e. The van der Waals surface area contributed by atoms with E-state index in [4.69, 9.17) is 11.6 Å². The Morgan fingerprint density at radius 1 is 1.43 bits per heavy atom. The molecule has 124 valence electrons. The van der Waals surface area contributed by atoms with E-state index in [1.807, 2.05) is 12.1 Å². The summed E-state index contributed by atoms with van der Waals surface area (Å²) in [5.74, 6) is -0.0868. The minimum Gasteiger partial charge on any atom is -0.358 e. The molecule has 23 heavy (non-hydrogen) atoms. The number of allylic oxidation sites excluding steroid dienone is 1. The molecule has 0 saturated carbocycles. The average Bonchev–Trinajstić information content (AvgIpc) is 3.02. The number of carbonyl (C=O) groups is 1. The Kier molecular flexibility index (Phi) is 6.28. The molecule has 1 unspecified atom stereocenters. The molecule has 0 spiro atoms. The van der Waals surface area contributed by atoms with E-state index in [1.165, 1.54) is 16.6 Å². The van der Waals surface area contributed by atoms with Crippen molar-refractivity contribution in [2.75, 3.05) is 12.4 Å². The molecule has 4 heteroatoms. The van der Waals surface area contributed by atoms with Crippen LogP contribution in [0, 0.1) is 0 Å². The van der Waals surface area contributed by atoms with Crippen LogP contribution in [0.4, 0.5) is 0 Å². The molecule has 1 atom stereocenters. The van der Waals surface area contributed by atoms with Gasteiger partial charge in [-0.25, -0.2) is 0 Å². The first-order valence-electron chi connectivity index (χ1n) is 8.17. The zero-order chi connectivity index (χ0) is 16.7. The number of carbonyl (C=O) groups excluding carboxylic acids is 1. The van der Waals surface area contributed by atoms with Crippen LogP contribution in [-0.4, -0.2) is 23.3 Å². The second kappa shape index (κ2) is 8.21. The maximum atomic E-state index is 11.3. The molecule has 0 aliphatic heterocycles. The first-order chi connectivity index (χ1) is 11.1. The molecule has 3 nitrogen and oxygen atoms in total. The van der Waals surface area contributed by atoms with Gasteiger partial charge < -0.3 is 10.3 Å². The number of nitrogens with one attached hydrogen (secondary N) is 2. The van der Waals surface area contributed by atoms with Crippen molar-refractivity contribution in [3.05, 3.63) is 48.7 Å². The molecule has 0 aliphatic rings. The zero-order valence-corrected chi connectivity index (χ0v) is 14.5. The summed E-state index contributed by atoms with van der Waals surface area (Å²) in [4.78, 5) is 14.8. The minimum absolute atomic E-state index is 0.0214. The van der Waals surface area contributed by atoms with Gasteiger partial charge in [0.2, 0.25) is 5.91 Å². The normalized spacial score (nSPS) is 13.7. The van der Waals surface area contributed by atoms with Gasteiger partial charge in [-0.05, 0) is 43.2 Å². The molecule has 0 bridgehead atoms. The summed E-state index contributed by atoms with van der Waals surface area (Å²) in [5.41, 5.74) is 2.46. The van der Waals surface area contributed by atoms with Gasteiger partial charge in [-0.3, -0.25) is 4.79 Å². The number of hydrogen-bond donors (Lipinski definition) is 2. The molecule has 0 aliphatic carbocycles. The molecular weight excluding hydrogens is 308 g/mol. The monoisotopic (exact) mass is 332 g/mol. The molecule has 0 radical (unpaired) electrons. The number of halogens is 1. The SMILES string of the molecule is C=CCC(CC)(CCCNC(=O)CCl)c1cc2ccccc2[nH]1. The number of hydrogen-bond acceptors (Lipinski definition) is 1. The predicted molar refractivity (Wildman–Crippen MR) is 98.0 cm³/mol. The lowest BCUT2D eigenvalue weighted by atomic mass is 9.75. The molecule has 1 heterocycles. The third kappa shape index (κ3) is 4.17. The van der Waals surface area contributed by atoms with Crippen molar-refractivity contribution in [1.82, 2.24) is 10.3 Å². The quantitative estimate of drug-likeness (QED) is 0.395. The summed E-state index contributed by atoms with van der Waals surface area (Å²) in [6.07, 6.45) is 5.84. The molecular formula is C19H25ClN2O. The number of aromatic amines is 1. The van der Waals surface area contributed by atoms with Gasteiger partial charge >= 0.3 is 0 Å². The molecule has 2 aromatic rings. The first kappa shape index (κ1) is 17.6. The number of H-pyrrole nitrogens is 1. The lowest BCUT2D eigenvalue weighted by Gasteiger charge is -2.31. The predicted octanol–water partition coefficient (Wildman–Crippen LogP) is 4.53. The fraction of sp³-hybridized carbons (Fsp3) is 0.421. The minimum atomic E-state index is -0.108. The maximum Gasteiger partial charge on any atom is 0.234 e. The van der Waals surface area contributed by atoms with Crippen molar-refractivity contribution in [2.45, 2.75) is 38.0 Å². The Morgan fingerprint density at radius 3 is 2.87 bits per heavy atom. The van der Waals surface area contributed by atoms with Crippen LogP contribution in [0.15, 0.2) is 43.0 Å². The van der Waals surface area contributed by atoms with E-state index in [1.54, 1.807) is 0 Å². The first-order valence-corrected chi connectivity index (χ1v) is 8.70. The van der Waals surface area contributed by atoms with Gasteiger partial charge in [0.15, 0.2) is 0 Å². The van der Waals surface area contributed by atoms with Crippen molar-refractivity contribution in [3.63, 3.8) is 0 Å². The van der Waals surface area contributed by atoms with Gasteiger partial charge in [0.1, 0.15) is 5.88 Å². The summed E-state index contributed by atoms with van der Waals surface area (Å²) in [5, 5.41) is 4.08. The van der Waals surface area contributed by atoms with E-state index in [0.29, 0.717) is 6.54 Å². The van der Waals surface area contributed by atoms with Crippen LogP contribution < -0.4 is 5.32 Å². The standard InChI is InChI=1S/C19H25ClN2O/c1-3-10-19(4-2,11-7-12-21-18(23)14-20)17-13-15-8-5-6-9-16(15)22-17/h3,5-6,8-9,13,22H,1,4,7,10-12,14H2,2H3,(H,21,23).